The number of carboxylic acids is 1. The summed E-state index contributed by atoms with van der Waals surface area (Å²) in [5.41, 5.74) is 1.89. The first-order valence-corrected chi connectivity index (χ1v) is 6.03. The molecule has 0 saturated carbocycles. The number of hydrogen-bond donors (Lipinski definition) is 2. The Hall–Kier alpha value is -1.52. The molecule has 0 unspecified atom stereocenters. The highest BCUT2D eigenvalue weighted by Crippen LogP contribution is 2.30. The van der Waals surface area contributed by atoms with E-state index in [4.69, 9.17) is 21.4 Å². The number of carboxylic acid groups (broad SMARTS) is 1. The SMILES string of the molecule is COCCCc1c(Cl)c(C(=O)O)cc2cc[nH]c12. The van der Waals surface area contributed by atoms with Gasteiger partial charge in [0.1, 0.15) is 0 Å². The second kappa shape index (κ2) is 5.42. The van der Waals surface area contributed by atoms with E-state index in [1.165, 1.54) is 0 Å². The third-order valence-electron chi connectivity index (χ3n) is 2.89. The highest BCUT2D eigenvalue weighted by molar-refractivity contribution is 6.35. The number of aromatic carboxylic acids is 1. The molecule has 2 N–H and O–H groups in total. The van der Waals surface area contributed by atoms with E-state index in [1.54, 1.807) is 19.4 Å². The second-order valence-electron chi connectivity index (χ2n) is 4.06. The van der Waals surface area contributed by atoms with Gasteiger partial charge in [-0.1, -0.05) is 11.6 Å². The first kappa shape index (κ1) is 12.9. The van der Waals surface area contributed by atoms with Crippen LogP contribution in [0.1, 0.15) is 22.3 Å². The normalized spacial score (nSPS) is 11.0. The topological polar surface area (TPSA) is 62.3 Å². The molecule has 1 aromatic carbocycles. The van der Waals surface area contributed by atoms with Crippen LogP contribution in [0.15, 0.2) is 18.3 Å². The average Bonchev–Trinajstić information content (AvgIpc) is 2.79. The molecule has 0 saturated heterocycles. The number of benzene rings is 1. The molecule has 0 aliphatic rings. The fraction of sp³-hybridized carbons (Fsp3) is 0.308. The van der Waals surface area contributed by atoms with Crippen LogP contribution in [-0.2, 0) is 11.2 Å². The molecular weight excluding hydrogens is 254 g/mol. The summed E-state index contributed by atoms with van der Waals surface area (Å²) < 4.78 is 5.01. The largest absolute Gasteiger partial charge is 0.478 e. The number of H-pyrrole nitrogens is 1. The maximum absolute atomic E-state index is 11.2. The van der Waals surface area contributed by atoms with Gasteiger partial charge in [0.2, 0.25) is 0 Å². The molecule has 0 amide bonds. The molecule has 96 valence electrons. The fourth-order valence-corrected chi connectivity index (χ4v) is 2.36. The zero-order chi connectivity index (χ0) is 13.1. The van der Waals surface area contributed by atoms with Gasteiger partial charge >= 0.3 is 5.97 Å². The van der Waals surface area contributed by atoms with E-state index in [9.17, 15) is 4.79 Å². The Balaban J connectivity index is 2.49. The third-order valence-corrected chi connectivity index (χ3v) is 3.32. The zero-order valence-electron chi connectivity index (χ0n) is 10.00. The van der Waals surface area contributed by atoms with Crippen molar-refractivity contribution in [2.24, 2.45) is 0 Å². The number of carbonyl (C=O) groups is 1. The Bertz CT molecular complexity index is 577. The number of fused-ring (bicyclic) bond motifs is 1. The summed E-state index contributed by atoms with van der Waals surface area (Å²) in [7, 11) is 1.64. The summed E-state index contributed by atoms with van der Waals surface area (Å²) in [5, 5.41) is 10.3. The predicted octanol–water partition coefficient (Wildman–Crippen LogP) is 3.10. The third kappa shape index (κ3) is 2.35. The number of methoxy groups -OCH3 is 1. The standard InChI is InChI=1S/C13H14ClNO3/c1-18-6-2-3-9-11(14)10(13(16)17)7-8-4-5-15-12(8)9/h4-5,7,15H,2-3,6H2,1H3,(H,16,17). The summed E-state index contributed by atoms with van der Waals surface area (Å²) in [4.78, 5) is 14.3. The first-order valence-electron chi connectivity index (χ1n) is 5.66. The van der Waals surface area contributed by atoms with Crippen LogP contribution < -0.4 is 0 Å². The van der Waals surface area contributed by atoms with Crippen LogP contribution >= 0.6 is 11.6 Å². The van der Waals surface area contributed by atoms with Gasteiger partial charge in [0.15, 0.2) is 0 Å². The predicted molar refractivity (Wildman–Crippen MR) is 70.5 cm³/mol. The van der Waals surface area contributed by atoms with Gasteiger partial charge in [-0.2, -0.15) is 0 Å². The molecule has 1 aromatic heterocycles. The Kier molecular flexibility index (Phi) is 3.89. The smallest absolute Gasteiger partial charge is 0.337 e. The molecule has 0 radical (unpaired) electrons. The minimum atomic E-state index is -1.00. The number of aromatic nitrogens is 1. The van der Waals surface area contributed by atoms with Crippen molar-refractivity contribution in [3.8, 4) is 0 Å². The molecule has 0 fully saturated rings. The zero-order valence-corrected chi connectivity index (χ0v) is 10.8. The quantitative estimate of drug-likeness (QED) is 0.818. The van der Waals surface area contributed by atoms with E-state index in [0.717, 1.165) is 22.9 Å². The van der Waals surface area contributed by atoms with Gasteiger partial charge in [-0.25, -0.2) is 4.79 Å². The molecule has 0 spiro atoms. The molecule has 0 bridgehead atoms. The lowest BCUT2D eigenvalue weighted by atomic mass is 10.0. The molecule has 5 heteroatoms. The Morgan fingerprint density at radius 1 is 1.56 bits per heavy atom. The van der Waals surface area contributed by atoms with E-state index in [0.29, 0.717) is 18.1 Å². The molecule has 0 atom stereocenters. The van der Waals surface area contributed by atoms with Gasteiger partial charge in [0.05, 0.1) is 16.1 Å². The highest BCUT2D eigenvalue weighted by atomic mass is 35.5. The van der Waals surface area contributed by atoms with E-state index in [-0.39, 0.29) is 5.56 Å². The van der Waals surface area contributed by atoms with Gasteiger partial charge in [0, 0.05) is 25.3 Å². The lowest BCUT2D eigenvalue weighted by Crippen LogP contribution is -2.02. The average molecular weight is 268 g/mol. The summed E-state index contributed by atoms with van der Waals surface area (Å²) in [6, 6.07) is 3.44. The van der Waals surface area contributed by atoms with Crippen LogP contribution in [0.3, 0.4) is 0 Å². The van der Waals surface area contributed by atoms with Crippen LogP contribution in [-0.4, -0.2) is 29.8 Å². The minimum absolute atomic E-state index is 0.149. The molecule has 0 aliphatic carbocycles. The molecule has 18 heavy (non-hydrogen) atoms. The number of halogens is 1. The van der Waals surface area contributed by atoms with Crippen molar-refractivity contribution in [1.29, 1.82) is 0 Å². The van der Waals surface area contributed by atoms with E-state index in [2.05, 4.69) is 4.98 Å². The number of aromatic amines is 1. The van der Waals surface area contributed by atoms with Crippen molar-refractivity contribution in [2.45, 2.75) is 12.8 Å². The number of aryl methyl sites for hydroxylation is 1. The highest BCUT2D eigenvalue weighted by Gasteiger charge is 2.16. The second-order valence-corrected chi connectivity index (χ2v) is 4.44. The lowest BCUT2D eigenvalue weighted by Gasteiger charge is -2.09. The fourth-order valence-electron chi connectivity index (χ4n) is 2.04. The summed E-state index contributed by atoms with van der Waals surface area (Å²) in [6.07, 6.45) is 3.27. The Labute approximate surface area is 110 Å². The number of hydrogen-bond acceptors (Lipinski definition) is 2. The van der Waals surface area contributed by atoms with Crippen molar-refractivity contribution in [3.63, 3.8) is 0 Å². The van der Waals surface area contributed by atoms with E-state index < -0.39 is 5.97 Å². The Morgan fingerprint density at radius 3 is 3.00 bits per heavy atom. The van der Waals surface area contributed by atoms with Crippen molar-refractivity contribution in [2.75, 3.05) is 13.7 Å². The van der Waals surface area contributed by atoms with Crippen LogP contribution in [0.5, 0.6) is 0 Å². The van der Waals surface area contributed by atoms with E-state index in [1.807, 2.05) is 6.07 Å². The van der Waals surface area contributed by atoms with Crippen molar-refractivity contribution >= 4 is 28.5 Å². The summed E-state index contributed by atoms with van der Waals surface area (Å²) >= 11 is 6.18. The maximum atomic E-state index is 11.2. The summed E-state index contributed by atoms with van der Waals surface area (Å²) in [5.74, 6) is -1.00. The monoisotopic (exact) mass is 267 g/mol. The maximum Gasteiger partial charge on any atom is 0.337 e. The van der Waals surface area contributed by atoms with Crippen molar-refractivity contribution in [3.05, 3.63) is 34.5 Å². The lowest BCUT2D eigenvalue weighted by molar-refractivity contribution is 0.0697. The van der Waals surface area contributed by atoms with Gasteiger partial charge in [-0.15, -0.1) is 0 Å². The van der Waals surface area contributed by atoms with Gasteiger partial charge < -0.3 is 14.8 Å². The molecule has 2 rings (SSSR count). The molecular formula is C13H14ClNO3. The van der Waals surface area contributed by atoms with Gasteiger partial charge in [-0.05, 0) is 30.5 Å². The molecule has 4 nitrogen and oxygen atoms in total. The Morgan fingerprint density at radius 2 is 2.33 bits per heavy atom. The van der Waals surface area contributed by atoms with Gasteiger partial charge in [0.25, 0.3) is 0 Å². The van der Waals surface area contributed by atoms with Crippen molar-refractivity contribution in [1.82, 2.24) is 4.98 Å². The van der Waals surface area contributed by atoms with Crippen LogP contribution in [0.2, 0.25) is 5.02 Å². The van der Waals surface area contributed by atoms with Gasteiger partial charge in [-0.3, -0.25) is 0 Å². The first-order chi connectivity index (χ1) is 8.65. The van der Waals surface area contributed by atoms with Crippen LogP contribution in [0.25, 0.3) is 10.9 Å². The number of nitrogens with one attached hydrogen (secondary N) is 1. The van der Waals surface area contributed by atoms with Crippen LogP contribution in [0.4, 0.5) is 0 Å². The van der Waals surface area contributed by atoms with E-state index >= 15 is 0 Å². The molecule has 2 aromatic rings. The number of ether oxygens (including phenoxy) is 1. The van der Waals surface area contributed by atoms with Crippen molar-refractivity contribution < 1.29 is 14.6 Å². The summed E-state index contributed by atoms with van der Waals surface area (Å²) in [6.45, 7) is 0.621. The van der Waals surface area contributed by atoms with Crippen LogP contribution in [0, 0.1) is 0 Å². The minimum Gasteiger partial charge on any atom is -0.478 e. The molecule has 0 aliphatic heterocycles. The number of rotatable bonds is 5. The molecule has 1 heterocycles.